The summed E-state index contributed by atoms with van der Waals surface area (Å²) in [5.74, 6) is -0.293. The molecular formula is C15H14Cl2FN. The highest BCUT2D eigenvalue weighted by Gasteiger charge is 2.09. The lowest BCUT2D eigenvalue weighted by Gasteiger charge is -2.10. The Labute approximate surface area is 122 Å². The van der Waals surface area contributed by atoms with Gasteiger partial charge in [0.2, 0.25) is 0 Å². The van der Waals surface area contributed by atoms with Crippen molar-refractivity contribution in [3.8, 4) is 11.1 Å². The molecule has 0 unspecified atom stereocenters. The van der Waals surface area contributed by atoms with Gasteiger partial charge in [-0.25, -0.2) is 4.39 Å². The minimum atomic E-state index is -0.293. The normalized spacial score (nSPS) is 10.8. The van der Waals surface area contributed by atoms with Crippen LogP contribution in [0.2, 0.25) is 10.0 Å². The molecule has 100 valence electrons. The van der Waals surface area contributed by atoms with Gasteiger partial charge in [-0.1, -0.05) is 29.3 Å². The monoisotopic (exact) mass is 297 g/mol. The summed E-state index contributed by atoms with van der Waals surface area (Å²) in [5, 5.41) is 4.17. The van der Waals surface area contributed by atoms with Crippen LogP contribution in [0, 0.1) is 12.7 Å². The summed E-state index contributed by atoms with van der Waals surface area (Å²) in [6.45, 7) is 2.39. The second kappa shape index (κ2) is 5.91. The second-order valence-corrected chi connectivity index (χ2v) is 5.23. The van der Waals surface area contributed by atoms with Gasteiger partial charge >= 0.3 is 0 Å². The lowest BCUT2D eigenvalue weighted by molar-refractivity contribution is 0.619. The fraction of sp³-hybridized carbons (Fsp3) is 0.200. The summed E-state index contributed by atoms with van der Waals surface area (Å²) in [4.78, 5) is 0. The molecule has 0 amide bonds. The second-order valence-electron chi connectivity index (χ2n) is 4.42. The van der Waals surface area contributed by atoms with E-state index >= 15 is 0 Å². The van der Waals surface area contributed by atoms with E-state index in [1.807, 2.05) is 25.2 Å². The highest BCUT2D eigenvalue weighted by atomic mass is 35.5. The predicted molar refractivity (Wildman–Crippen MR) is 79.4 cm³/mol. The van der Waals surface area contributed by atoms with Crippen LogP contribution in [0.4, 0.5) is 4.39 Å². The molecule has 0 aliphatic heterocycles. The van der Waals surface area contributed by atoms with Gasteiger partial charge in [0.05, 0.1) is 5.02 Å². The fourth-order valence-electron chi connectivity index (χ4n) is 1.95. The van der Waals surface area contributed by atoms with Crippen LogP contribution in [-0.4, -0.2) is 7.05 Å². The number of aryl methyl sites for hydroxylation is 1. The van der Waals surface area contributed by atoms with Gasteiger partial charge in [0.1, 0.15) is 5.82 Å². The summed E-state index contributed by atoms with van der Waals surface area (Å²) >= 11 is 12.2. The minimum absolute atomic E-state index is 0.293. The van der Waals surface area contributed by atoms with E-state index in [9.17, 15) is 4.39 Å². The summed E-state index contributed by atoms with van der Waals surface area (Å²) in [6.07, 6.45) is 0. The van der Waals surface area contributed by atoms with Crippen LogP contribution in [-0.2, 0) is 6.54 Å². The zero-order valence-corrected chi connectivity index (χ0v) is 12.2. The summed E-state index contributed by atoms with van der Waals surface area (Å²) in [6, 6.07) is 8.79. The number of hydrogen-bond donors (Lipinski definition) is 1. The highest BCUT2D eigenvalue weighted by molar-refractivity contribution is 6.33. The average Bonchev–Trinajstić information content (AvgIpc) is 2.37. The molecule has 0 atom stereocenters. The Hall–Kier alpha value is -1.09. The van der Waals surface area contributed by atoms with Gasteiger partial charge in [0, 0.05) is 17.1 Å². The third-order valence-electron chi connectivity index (χ3n) is 2.97. The molecule has 1 N–H and O–H groups in total. The van der Waals surface area contributed by atoms with E-state index in [0.29, 0.717) is 22.2 Å². The summed E-state index contributed by atoms with van der Waals surface area (Å²) in [7, 11) is 1.86. The maximum absolute atomic E-state index is 13.4. The first-order valence-corrected chi connectivity index (χ1v) is 6.67. The van der Waals surface area contributed by atoms with E-state index in [0.717, 1.165) is 16.7 Å². The van der Waals surface area contributed by atoms with Gasteiger partial charge in [-0.2, -0.15) is 0 Å². The molecule has 0 saturated carbocycles. The first-order chi connectivity index (χ1) is 9.02. The van der Waals surface area contributed by atoms with Crippen LogP contribution in [0.15, 0.2) is 30.3 Å². The largest absolute Gasteiger partial charge is 0.316 e. The average molecular weight is 298 g/mol. The zero-order chi connectivity index (χ0) is 14.0. The molecule has 0 bridgehead atoms. The van der Waals surface area contributed by atoms with Crippen molar-refractivity contribution in [3.05, 3.63) is 57.3 Å². The standard InChI is InChI=1S/C15H14Cl2FN/c1-9-5-12(14(17)7-15(9)18)10-3-4-13(16)11(6-10)8-19-2/h3-7,19H,8H2,1-2H3. The van der Waals surface area contributed by atoms with E-state index < -0.39 is 0 Å². The van der Waals surface area contributed by atoms with Crippen molar-refractivity contribution in [2.75, 3.05) is 7.05 Å². The first-order valence-electron chi connectivity index (χ1n) is 5.92. The number of halogens is 3. The van der Waals surface area contributed by atoms with E-state index in [2.05, 4.69) is 5.32 Å². The molecule has 0 saturated heterocycles. The van der Waals surface area contributed by atoms with Gasteiger partial charge < -0.3 is 5.32 Å². The van der Waals surface area contributed by atoms with Crippen LogP contribution in [0.25, 0.3) is 11.1 Å². The van der Waals surface area contributed by atoms with Crippen LogP contribution in [0.1, 0.15) is 11.1 Å². The molecule has 19 heavy (non-hydrogen) atoms. The van der Waals surface area contributed by atoms with Gasteiger partial charge in [0.25, 0.3) is 0 Å². The maximum atomic E-state index is 13.4. The molecule has 2 aromatic rings. The fourth-order valence-corrected chi connectivity index (χ4v) is 2.39. The number of benzene rings is 2. The van der Waals surface area contributed by atoms with Crippen molar-refractivity contribution >= 4 is 23.2 Å². The maximum Gasteiger partial charge on any atom is 0.127 e. The minimum Gasteiger partial charge on any atom is -0.316 e. The Bertz CT molecular complexity index is 611. The first kappa shape index (κ1) is 14.3. The van der Waals surface area contributed by atoms with Crippen molar-refractivity contribution in [1.82, 2.24) is 5.32 Å². The quantitative estimate of drug-likeness (QED) is 0.856. The topological polar surface area (TPSA) is 12.0 Å². The SMILES string of the molecule is CNCc1cc(-c2cc(C)c(F)cc2Cl)ccc1Cl. The van der Waals surface area contributed by atoms with E-state index in [-0.39, 0.29) is 5.82 Å². The number of hydrogen-bond acceptors (Lipinski definition) is 1. The molecule has 0 aliphatic carbocycles. The molecule has 1 nitrogen and oxygen atoms in total. The molecular weight excluding hydrogens is 284 g/mol. The molecule has 0 heterocycles. The molecule has 0 aromatic heterocycles. The highest BCUT2D eigenvalue weighted by Crippen LogP contribution is 2.32. The van der Waals surface area contributed by atoms with Crippen molar-refractivity contribution < 1.29 is 4.39 Å². The van der Waals surface area contributed by atoms with Crippen molar-refractivity contribution in [2.45, 2.75) is 13.5 Å². The third kappa shape index (κ3) is 3.08. The third-order valence-corrected chi connectivity index (χ3v) is 3.65. The Balaban J connectivity index is 2.53. The van der Waals surface area contributed by atoms with E-state index in [1.165, 1.54) is 6.07 Å². The number of nitrogens with one attached hydrogen (secondary N) is 1. The molecule has 0 spiro atoms. The molecule has 2 rings (SSSR count). The number of rotatable bonds is 3. The molecule has 4 heteroatoms. The van der Waals surface area contributed by atoms with Crippen molar-refractivity contribution in [3.63, 3.8) is 0 Å². The summed E-state index contributed by atoms with van der Waals surface area (Å²) in [5.41, 5.74) is 3.31. The van der Waals surface area contributed by atoms with Crippen LogP contribution in [0.3, 0.4) is 0 Å². The molecule has 0 aliphatic rings. The van der Waals surface area contributed by atoms with Gasteiger partial charge in [-0.05, 0) is 54.9 Å². The van der Waals surface area contributed by atoms with Crippen molar-refractivity contribution in [2.24, 2.45) is 0 Å². The molecule has 0 radical (unpaired) electrons. The van der Waals surface area contributed by atoms with Gasteiger partial charge in [-0.3, -0.25) is 0 Å². The smallest absolute Gasteiger partial charge is 0.127 e. The predicted octanol–water partition coefficient (Wildman–Crippen LogP) is 4.83. The Morgan fingerprint density at radius 1 is 1.11 bits per heavy atom. The van der Waals surface area contributed by atoms with Crippen molar-refractivity contribution in [1.29, 1.82) is 0 Å². The molecule has 0 fully saturated rings. The Kier molecular flexibility index (Phi) is 4.46. The van der Waals surface area contributed by atoms with Gasteiger partial charge in [0.15, 0.2) is 0 Å². The Morgan fingerprint density at radius 2 is 1.84 bits per heavy atom. The lowest BCUT2D eigenvalue weighted by atomic mass is 10.0. The lowest BCUT2D eigenvalue weighted by Crippen LogP contribution is -2.05. The van der Waals surface area contributed by atoms with E-state index in [1.54, 1.807) is 13.0 Å². The van der Waals surface area contributed by atoms with Gasteiger partial charge in [-0.15, -0.1) is 0 Å². The van der Waals surface area contributed by atoms with E-state index in [4.69, 9.17) is 23.2 Å². The Morgan fingerprint density at radius 3 is 2.53 bits per heavy atom. The van der Waals surface area contributed by atoms with Crippen LogP contribution in [0.5, 0.6) is 0 Å². The van der Waals surface area contributed by atoms with Crippen LogP contribution < -0.4 is 5.32 Å². The zero-order valence-electron chi connectivity index (χ0n) is 10.7. The molecule has 2 aromatic carbocycles. The summed E-state index contributed by atoms with van der Waals surface area (Å²) < 4.78 is 13.4. The van der Waals surface area contributed by atoms with Crippen LogP contribution >= 0.6 is 23.2 Å².